The molecule has 7 heteroatoms. The van der Waals surface area contributed by atoms with Gasteiger partial charge in [0, 0.05) is 5.56 Å². The Morgan fingerprint density at radius 1 is 1.12 bits per heavy atom. The van der Waals surface area contributed by atoms with Crippen molar-refractivity contribution in [3.63, 3.8) is 0 Å². The minimum atomic E-state index is 0.567. The molecule has 0 bridgehead atoms. The molecule has 0 N–H and O–H groups in total. The Morgan fingerprint density at radius 3 is 2.62 bits per heavy atom. The SMILES string of the molecule is COc1ccc(-c2nc3cc(-n4cnnc4)cc(C)c3o2)cc1Br. The monoisotopic (exact) mass is 384 g/mol. The number of hydrogen-bond donors (Lipinski definition) is 0. The van der Waals surface area contributed by atoms with E-state index in [1.54, 1.807) is 19.8 Å². The molecule has 0 unspecified atom stereocenters. The molecule has 24 heavy (non-hydrogen) atoms. The summed E-state index contributed by atoms with van der Waals surface area (Å²) in [7, 11) is 1.63. The number of fused-ring (bicyclic) bond motifs is 1. The molecular weight excluding hydrogens is 372 g/mol. The summed E-state index contributed by atoms with van der Waals surface area (Å²) in [6.07, 6.45) is 3.31. The number of aryl methyl sites for hydroxylation is 1. The first-order valence-electron chi connectivity index (χ1n) is 7.26. The fourth-order valence-corrected chi connectivity index (χ4v) is 3.13. The number of aromatic nitrogens is 4. The van der Waals surface area contributed by atoms with Crippen LogP contribution in [-0.2, 0) is 0 Å². The zero-order valence-electron chi connectivity index (χ0n) is 13.0. The molecule has 2 heterocycles. The highest BCUT2D eigenvalue weighted by molar-refractivity contribution is 9.10. The minimum Gasteiger partial charge on any atom is -0.496 e. The Morgan fingerprint density at radius 2 is 1.92 bits per heavy atom. The summed E-state index contributed by atoms with van der Waals surface area (Å²) in [5, 5.41) is 7.68. The predicted octanol–water partition coefficient (Wildman–Crippen LogP) is 4.16. The van der Waals surface area contributed by atoms with Gasteiger partial charge in [0.25, 0.3) is 0 Å². The molecule has 2 aromatic carbocycles. The summed E-state index contributed by atoms with van der Waals surface area (Å²) in [4.78, 5) is 4.63. The zero-order chi connectivity index (χ0) is 16.7. The molecule has 2 aromatic heterocycles. The highest BCUT2D eigenvalue weighted by atomic mass is 79.9. The Bertz CT molecular complexity index is 1020. The van der Waals surface area contributed by atoms with Gasteiger partial charge >= 0.3 is 0 Å². The minimum absolute atomic E-state index is 0.567. The topological polar surface area (TPSA) is 66.0 Å². The van der Waals surface area contributed by atoms with E-state index in [1.807, 2.05) is 41.8 Å². The number of benzene rings is 2. The van der Waals surface area contributed by atoms with E-state index in [0.29, 0.717) is 5.89 Å². The maximum absolute atomic E-state index is 5.97. The maximum atomic E-state index is 5.97. The number of rotatable bonds is 3. The van der Waals surface area contributed by atoms with Gasteiger partial charge in [-0.1, -0.05) is 0 Å². The standard InChI is InChI=1S/C17H13BrN4O2/c1-10-5-12(22-8-19-20-9-22)7-14-16(10)24-17(21-14)11-3-4-15(23-2)13(18)6-11/h3-9H,1-2H3. The lowest BCUT2D eigenvalue weighted by Gasteiger charge is -2.03. The first kappa shape index (κ1) is 14.9. The summed E-state index contributed by atoms with van der Waals surface area (Å²) in [5.74, 6) is 1.33. The van der Waals surface area contributed by atoms with Crippen LogP contribution in [0.3, 0.4) is 0 Å². The highest BCUT2D eigenvalue weighted by Crippen LogP contribution is 2.33. The molecule has 0 radical (unpaired) electrons. The summed E-state index contributed by atoms with van der Waals surface area (Å²) in [6, 6.07) is 9.70. The van der Waals surface area contributed by atoms with Crippen molar-refractivity contribution in [3.8, 4) is 22.9 Å². The molecule has 0 aliphatic heterocycles. The third kappa shape index (κ3) is 2.46. The van der Waals surface area contributed by atoms with E-state index in [9.17, 15) is 0 Å². The van der Waals surface area contributed by atoms with Gasteiger partial charge in [0.05, 0.1) is 17.3 Å². The van der Waals surface area contributed by atoms with Crippen molar-refractivity contribution in [2.45, 2.75) is 6.92 Å². The van der Waals surface area contributed by atoms with Crippen LogP contribution in [0.4, 0.5) is 0 Å². The molecule has 0 saturated heterocycles. The molecule has 0 saturated carbocycles. The van der Waals surface area contributed by atoms with Crippen LogP contribution in [0.5, 0.6) is 5.75 Å². The molecular formula is C17H13BrN4O2. The van der Waals surface area contributed by atoms with Crippen LogP contribution < -0.4 is 4.74 Å². The van der Waals surface area contributed by atoms with Crippen molar-refractivity contribution in [1.29, 1.82) is 0 Å². The van der Waals surface area contributed by atoms with Gasteiger partial charge in [0.2, 0.25) is 5.89 Å². The smallest absolute Gasteiger partial charge is 0.227 e. The van der Waals surface area contributed by atoms with Gasteiger partial charge in [0.15, 0.2) is 5.58 Å². The van der Waals surface area contributed by atoms with Crippen LogP contribution in [0.25, 0.3) is 28.2 Å². The van der Waals surface area contributed by atoms with Gasteiger partial charge in [-0.3, -0.25) is 4.57 Å². The van der Waals surface area contributed by atoms with Crippen molar-refractivity contribution < 1.29 is 9.15 Å². The van der Waals surface area contributed by atoms with Crippen LogP contribution in [0.15, 0.2) is 51.9 Å². The van der Waals surface area contributed by atoms with Gasteiger partial charge in [-0.25, -0.2) is 4.98 Å². The van der Waals surface area contributed by atoms with E-state index >= 15 is 0 Å². The molecule has 0 fully saturated rings. The van der Waals surface area contributed by atoms with E-state index in [2.05, 4.69) is 31.1 Å². The molecule has 0 amide bonds. The Kier molecular flexibility index (Phi) is 3.57. The highest BCUT2D eigenvalue weighted by Gasteiger charge is 2.13. The fraction of sp³-hybridized carbons (Fsp3) is 0.118. The lowest BCUT2D eigenvalue weighted by Crippen LogP contribution is -1.91. The predicted molar refractivity (Wildman–Crippen MR) is 93.4 cm³/mol. The zero-order valence-corrected chi connectivity index (χ0v) is 14.6. The van der Waals surface area contributed by atoms with Crippen molar-refractivity contribution in [3.05, 3.63) is 53.0 Å². The van der Waals surface area contributed by atoms with Crippen LogP contribution in [0, 0.1) is 6.92 Å². The largest absolute Gasteiger partial charge is 0.496 e. The molecule has 0 spiro atoms. The summed E-state index contributed by atoms with van der Waals surface area (Å²) in [6.45, 7) is 2.00. The van der Waals surface area contributed by atoms with E-state index in [1.165, 1.54) is 0 Å². The van der Waals surface area contributed by atoms with E-state index in [0.717, 1.165) is 38.1 Å². The third-order valence-electron chi connectivity index (χ3n) is 3.78. The number of hydrogen-bond acceptors (Lipinski definition) is 5. The Hall–Kier alpha value is -2.67. The summed E-state index contributed by atoms with van der Waals surface area (Å²) < 4.78 is 13.9. The van der Waals surface area contributed by atoms with Crippen LogP contribution in [0.2, 0.25) is 0 Å². The quantitative estimate of drug-likeness (QED) is 0.530. The Balaban J connectivity index is 1.83. The van der Waals surface area contributed by atoms with Gasteiger partial charge < -0.3 is 9.15 Å². The molecule has 6 nitrogen and oxygen atoms in total. The number of oxazole rings is 1. The van der Waals surface area contributed by atoms with Crippen molar-refractivity contribution >= 4 is 27.0 Å². The van der Waals surface area contributed by atoms with Crippen LogP contribution in [0.1, 0.15) is 5.56 Å². The second-order valence-corrected chi connectivity index (χ2v) is 6.20. The lowest BCUT2D eigenvalue weighted by molar-refractivity contribution is 0.412. The Labute approximate surface area is 146 Å². The van der Waals surface area contributed by atoms with Crippen molar-refractivity contribution in [1.82, 2.24) is 19.7 Å². The second-order valence-electron chi connectivity index (χ2n) is 5.35. The molecule has 4 aromatic rings. The second kappa shape index (κ2) is 5.76. The van der Waals surface area contributed by atoms with Crippen LogP contribution >= 0.6 is 15.9 Å². The maximum Gasteiger partial charge on any atom is 0.227 e. The van der Waals surface area contributed by atoms with Crippen molar-refractivity contribution in [2.24, 2.45) is 0 Å². The molecule has 0 atom stereocenters. The lowest BCUT2D eigenvalue weighted by atomic mass is 10.2. The normalized spacial score (nSPS) is 11.1. The third-order valence-corrected chi connectivity index (χ3v) is 4.40. The van der Waals surface area contributed by atoms with Crippen LogP contribution in [-0.4, -0.2) is 26.9 Å². The molecule has 4 rings (SSSR count). The number of methoxy groups -OCH3 is 1. The summed E-state index contributed by atoms with van der Waals surface area (Å²) in [5.41, 5.74) is 4.39. The average Bonchev–Trinajstić information content (AvgIpc) is 3.24. The van der Waals surface area contributed by atoms with E-state index in [-0.39, 0.29) is 0 Å². The van der Waals surface area contributed by atoms with Crippen molar-refractivity contribution in [2.75, 3.05) is 7.11 Å². The van der Waals surface area contributed by atoms with E-state index < -0.39 is 0 Å². The van der Waals surface area contributed by atoms with Gasteiger partial charge in [-0.05, 0) is 58.7 Å². The first-order chi connectivity index (χ1) is 11.7. The number of nitrogens with zero attached hydrogens (tertiary/aromatic N) is 4. The molecule has 0 aliphatic rings. The number of ether oxygens (including phenoxy) is 1. The first-order valence-corrected chi connectivity index (χ1v) is 8.05. The molecule has 0 aliphatic carbocycles. The van der Waals surface area contributed by atoms with Gasteiger partial charge in [0.1, 0.15) is 23.9 Å². The fourth-order valence-electron chi connectivity index (χ4n) is 2.59. The average molecular weight is 385 g/mol. The van der Waals surface area contributed by atoms with Gasteiger partial charge in [-0.15, -0.1) is 10.2 Å². The van der Waals surface area contributed by atoms with Gasteiger partial charge in [-0.2, -0.15) is 0 Å². The summed E-state index contributed by atoms with van der Waals surface area (Å²) >= 11 is 3.49. The number of halogens is 1. The molecule has 120 valence electrons. The van der Waals surface area contributed by atoms with E-state index in [4.69, 9.17) is 9.15 Å².